The third kappa shape index (κ3) is 7.77. The van der Waals surface area contributed by atoms with Crippen LogP contribution in [0.5, 0.6) is 11.5 Å². The van der Waals surface area contributed by atoms with Crippen molar-refractivity contribution in [3.05, 3.63) is 36.7 Å². The van der Waals surface area contributed by atoms with Crippen molar-refractivity contribution >= 4 is 5.97 Å². The monoisotopic (exact) mass is 370 g/mol. The maximum atomic E-state index is 11.7. The Balaban J connectivity index is 1.81. The highest BCUT2D eigenvalue weighted by molar-refractivity contribution is 5.72. The lowest BCUT2D eigenvalue weighted by atomic mass is 10.2. The predicted octanol–water partition coefficient (Wildman–Crippen LogP) is 5.59. The van der Waals surface area contributed by atoms with Crippen LogP contribution < -0.4 is 9.47 Å². The van der Waals surface area contributed by atoms with E-state index in [2.05, 4.69) is 16.9 Å². The summed E-state index contributed by atoms with van der Waals surface area (Å²) in [7, 11) is 0. The molecule has 0 saturated heterocycles. The van der Waals surface area contributed by atoms with Gasteiger partial charge in [0.25, 0.3) is 0 Å². The molecule has 0 aliphatic heterocycles. The van der Waals surface area contributed by atoms with Gasteiger partial charge in [0.05, 0.1) is 19.0 Å². The smallest absolute Gasteiger partial charge is 0.311 e. The summed E-state index contributed by atoms with van der Waals surface area (Å²) in [5, 5.41) is 0. The van der Waals surface area contributed by atoms with E-state index in [1.54, 1.807) is 24.5 Å². The predicted molar refractivity (Wildman–Crippen MR) is 107 cm³/mol. The molecule has 0 amide bonds. The zero-order chi connectivity index (χ0) is 19.3. The fourth-order valence-corrected chi connectivity index (χ4v) is 2.61. The largest absolute Gasteiger partial charge is 0.490 e. The van der Waals surface area contributed by atoms with Crippen molar-refractivity contribution in [2.75, 3.05) is 6.61 Å². The molecule has 0 unspecified atom stereocenters. The second-order valence-corrected chi connectivity index (χ2v) is 6.61. The molecule has 0 saturated carbocycles. The minimum absolute atomic E-state index is 0.197. The SMILES string of the molecule is CCCCCCCOc1cnc(-c2ccc(OC(=O)CCCC)cc2)nc1. The molecule has 0 fully saturated rings. The zero-order valence-corrected chi connectivity index (χ0v) is 16.4. The van der Waals surface area contributed by atoms with Gasteiger partial charge in [0.2, 0.25) is 0 Å². The Kier molecular flexibility index (Phi) is 9.31. The van der Waals surface area contributed by atoms with Gasteiger partial charge in [0.1, 0.15) is 5.75 Å². The number of carbonyl (C=O) groups is 1. The Hall–Kier alpha value is -2.43. The molecule has 2 rings (SSSR count). The molecular weight excluding hydrogens is 340 g/mol. The number of esters is 1. The van der Waals surface area contributed by atoms with E-state index in [1.165, 1.54) is 25.7 Å². The third-order valence-corrected chi connectivity index (χ3v) is 4.22. The van der Waals surface area contributed by atoms with Crippen molar-refractivity contribution in [1.82, 2.24) is 9.97 Å². The second kappa shape index (κ2) is 12.0. The minimum atomic E-state index is -0.197. The number of carbonyl (C=O) groups excluding carboxylic acids is 1. The van der Waals surface area contributed by atoms with Crippen molar-refractivity contribution in [3.8, 4) is 22.9 Å². The summed E-state index contributed by atoms with van der Waals surface area (Å²) in [6, 6.07) is 7.24. The van der Waals surface area contributed by atoms with Crippen LogP contribution in [0.1, 0.15) is 65.2 Å². The van der Waals surface area contributed by atoms with E-state index in [1.807, 2.05) is 19.1 Å². The number of aromatic nitrogens is 2. The normalized spacial score (nSPS) is 10.6. The average molecular weight is 370 g/mol. The number of benzene rings is 1. The maximum absolute atomic E-state index is 11.7. The van der Waals surface area contributed by atoms with Crippen molar-refractivity contribution in [2.24, 2.45) is 0 Å². The molecule has 2 aromatic rings. The number of ether oxygens (including phenoxy) is 2. The molecule has 0 bridgehead atoms. The first kappa shape index (κ1) is 20.9. The van der Waals surface area contributed by atoms with Crippen molar-refractivity contribution in [2.45, 2.75) is 65.2 Å². The van der Waals surface area contributed by atoms with Gasteiger partial charge in [-0.15, -0.1) is 0 Å². The highest BCUT2D eigenvalue weighted by atomic mass is 16.5. The van der Waals surface area contributed by atoms with E-state index in [0.717, 1.165) is 24.8 Å². The van der Waals surface area contributed by atoms with Crippen LogP contribution in [0.2, 0.25) is 0 Å². The van der Waals surface area contributed by atoms with Crippen LogP contribution in [0, 0.1) is 0 Å². The summed E-state index contributed by atoms with van der Waals surface area (Å²) in [4.78, 5) is 20.4. The molecule has 5 heteroatoms. The number of hydrogen-bond donors (Lipinski definition) is 0. The van der Waals surface area contributed by atoms with Gasteiger partial charge < -0.3 is 9.47 Å². The first-order valence-electron chi connectivity index (χ1n) is 9.99. The van der Waals surface area contributed by atoms with Crippen LogP contribution in [-0.4, -0.2) is 22.5 Å². The molecule has 0 N–H and O–H groups in total. The lowest BCUT2D eigenvalue weighted by Gasteiger charge is -2.07. The topological polar surface area (TPSA) is 61.3 Å². The first-order chi connectivity index (χ1) is 13.2. The summed E-state index contributed by atoms with van der Waals surface area (Å²) < 4.78 is 11.0. The molecular formula is C22H30N2O3. The molecule has 1 heterocycles. The van der Waals surface area contributed by atoms with Gasteiger partial charge in [-0.1, -0.05) is 46.0 Å². The molecule has 1 aromatic carbocycles. The molecule has 0 radical (unpaired) electrons. The van der Waals surface area contributed by atoms with Crippen molar-refractivity contribution in [3.63, 3.8) is 0 Å². The van der Waals surface area contributed by atoms with Gasteiger partial charge >= 0.3 is 5.97 Å². The van der Waals surface area contributed by atoms with E-state index in [9.17, 15) is 4.79 Å². The Bertz CT molecular complexity index is 669. The fraction of sp³-hybridized carbons (Fsp3) is 0.500. The Morgan fingerprint density at radius 1 is 0.852 bits per heavy atom. The second-order valence-electron chi connectivity index (χ2n) is 6.61. The quantitative estimate of drug-likeness (QED) is 0.277. The summed E-state index contributed by atoms with van der Waals surface area (Å²) >= 11 is 0. The summed E-state index contributed by atoms with van der Waals surface area (Å²) in [5.41, 5.74) is 0.870. The first-order valence-corrected chi connectivity index (χ1v) is 9.99. The molecule has 146 valence electrons. The van der Waals surface area contributed by atoms with Crippen LogP contribution in [0.25, 0.3) is 11.4 Å². The Morgan fingerprint density at radius 2 is 1.52 bits per heavy atom. The van der Waals surface area contributed by atoms with Crippen LogP contribution in [0.15, 0.2) is 36.7 Å². The van der Waals surface area contributed by atoms with Crippen LogP contribution >= 0.6 is 0 Å². The van der Waals surface area contributed by atoms with E-state index in [0.29, 0.717) is 30.4 Å². The number of unbranched alkanes of at least 4 members (excludes halogenated alkanes) is 5. The Morgan fingerprint density at radius 3 is 2.19 bits per heavy atom. The lowest BCUT2D eigenvalue weighted by molar-refractivity contribution is -0.134. The van der Waals surface area contributed by atoms with Crippen LogP contribution in [0.3, 0.4) is 0 Å². The highest BCUT2D eigenvalue weighted by Gasteiger charge is 2.06. The standard InChI is InChI=1S/C22H30N2O3/c1-3-5-7-8-9-15-26-20-16-23-22(24-17-20)18-11-13-19(14-12-18)27-21(25)10-6-4-2/h11-14,16-17H,3-10,15H2,1-2H3. The summed E-state index contributed by atoms with van der Waals surface area (Å²) in [6.45, 7) is 4.96. The van der Waals surface area contributed by atoms with E-state index in [-0.39, 0.29) is 5.97 Å². The van der Waals surface area contributed by atoms with Crippen LogP contribution in [0.4, 0.5) is 0 Å². The van der Waals surface area contributed by atoms with Gasteiger partial charge in [-0.2, -0.15) is 0 Å². The van der Waals surface area contributed by atoms with Gasteiger partial charge in [0.15, 0.2) is 11.6 Å². The molecule has 0 aliphatic rings. The summed E-state index contributed by atoms with van der Waals surface area (Å²) in [6.07, 6.45) is 11.7. The molecule has 27 heavy (non-hydrogen) atoms. The highest BCUT2D eigenvalue weighted by Crippen LogP contribution is 2.21. The molecule has 0 aliphatic carbocycles. The average Bonchev–Trinajstić information content (AvgIpc) is 2.70. The number of hydrogen-bond acceptors (Lipinski definition) is 5. The Labute approximate surface area is 162 Å². The molecule has 1 aromatic heterocycles. The number of nitrogens with zero attached hydrogens (tertiary/aromatic N) is 2. The molecule has 0 atom stereocenters. The minimum Gasteiger partial charge on any atom is -0.490 e. The zero-order valence-electron chi connectivity index (χ0n) is 16.4. The fourth-order valence-electron chi connectivity index (χ4n) is 2.61. The van der Waals surface area contributed by atoms with E-state index >= 15 is 0 Å². The maximum Gasteiger partial charge on any atom is 0.311 e. The van der Waals surface area contributed by atoms with Crippen molar-refractivity contribution in [1.29, 1.82) is 0 Å². The van der Waals surface area contributed by atoms with Crippen molar-refractivity contribution < 1.29 is 14.3 Å². The van der Waals surface area contributed by atoms with Gasteiger partial charge in [-0.05, 0) is 37.1 Å². The summed E-state index contributed by atoms with van der Waals surface area (Å²) in [5.74, 6) is 1.66. The van der Waals surface area contributed by atoms with E-state index < -0.39 is 0 Å². The molecule has 5 nitrogen and oxygen atoms in total. The van der Waals surface area contributed by atoms with Gasteiger partial charge in [0, 0.05) is 12.0 Å². The van der Waals surface area contributed by atoms with Gasteiger partial charge in [-0.25, -0.2) is 9.97 Å². The van der Waals surface area contributed by atoms with Crippen LogP contribution in [-0.2, 0) is 4.79 Å². The number of rotatable bonds is 12. The molecule has 0 spiro atoms. The van der Waals surface area contributed by atoms with E-state index in [4.69, 9.17) is 9.47 Å². The lowest BCUT2D eigenvalue weighted by Crippen LogP contribution is -2.07. The third-order valence-electron chi connectivity index (χ3n) is 4.22. The van der Waals surface area contributed by atoms with Gasteiger partial charge in [-0.3, -0.25) is 4.79 Å².